The molecular formula is C13H14BrNS. The molecular weight excluding hydrogens is 282 g/mol. The van der Waals surface area contributed by atoms with E-state index in [0.717, 1.165) is 10.9 Å². The number of rotatable bonds is 3. The van der Waals surface area contributed by atoms with Crippen molar-refractivity contribution in [1.82, 2.24) is 0 Å². The second kappa shape index (κ2) is 5.13. The first kappa shape index (κ1) is 11.8. The Morgan fingerprint density at radius 1 is 1.25 bits per heavy atom. The molecule has 16 heavy (non-hydrogen) atoms. The summed E-state index contributed by atoms with van der Waals surface area (Å²) in [4.78, 5) is 0. The molecule has 2 rings (SSSR count). The van der Waals surface area contributed by atoms with Gasteiger partial charge in [0.25, 0.3) is 0 Å². The fourth-order valence-electron chi connectivity index (χ4n) is 1.68. The van der Waals surface area contributed by atoms with Crippen LogP contribution in [-0.2, 0) is 6.42 Å². The number of benzene rings is 1. The van der Waals surface area contributed by atoms with Crippen LogP contribution in [0.15, 0.2) is 39.5 Å². The summed E-state index contributed by atoms with van der Waals surface area (Å²) in [5, 5.41) is 4.26. The Morgan fingerprint density at radius 2 is 1.94 bits per heavy atom. The molecule has 84 valence electrons. The number of hydrogen-bond donors (Lipinski definition) is 1. The highest BCUT2D eigenvalue weighted by atomic mass is 79.9. The highest BCUT2D eigenvalue weighted by Crippen LogP contribution is 2.31. The van der Waals surface area contributed by atoms with Gasteiger partial charge in [-0.1, -0.05) is 24.3 Å². The average molecular weight is 296 g/mol. The minimum atomic E-state index is 0.221. The molecule has 0 saturated carbocycles. The maximum absolute atomic E-state index is 5.78. The van der Waals surface area contributed by atoms with Crippen LogP contribution in [0.2, 0.25) is 0 Å². The molecule has 0 fully saturated rings. The Bertz CT molecular complexity index is 459. The van der Waals surface area contributed by atoms with E-state index in [2.05, 4.69) is 51.0 Å². The minimum Gasteiger partial charge on any atom is -0.328 e. The van der Waals surface area contributed by atoms with E-state index in [9.17, 15) is 0 Å². The van der Waals surface area contributed by atoms with E-state index < -0.39 is 0 Å². The van der Waals surface area contributed by atoms with Crippen molar-refractivity contribution in [3.8, 4) is 11.1 Å². The van der Waals surface area contributed by atoms with Crippen LogP contribution in [0.5, 0.6) is 0 Å². The Kier molecular flexibility index (Phi) is 3.79. The molecule has 1 unspecified atom stereocenters. The lowest BCUT2D eigenvalue weighted by molar-refractivity contribution is 0.738. The molecule has 0 aliphatic rings. The zero-order chi connectivity index (χ0) is 11.5. The number of hydrogen-bond acceptors (Lipinski definition) is 2. The van der Waals surface area contributed by atoms with Gasteiger partial charge in [0.05, 0.1) is 0 Å². The van der Waals surface area contributed by atoms with E-state index in [1.54, 1.807) is 11.3 Å². The van der Waals surface area contributed by atoms with Gasteiger partial charge < -0.3 is 5.73 Å². The number of halogens is 1. The van der Waals surface area contributed by atoms with Crippen LogP contribution in [0.25, 0.3) is 11.1 Å². The van der Waals surface area contributed by atoms with Gasteiger partial charge in [-0.05, 0) is 45.8 Å². The molecule has 0 amide bonds. The van der Waals surface area contributed by atoms with Crippen LogP contribution in [-0.4, -0.2) is 6.04 Å². The lowest BCUT2D eigenvalue weighted by Crippen LogP contribution is -2.17. The molecule has 0 bridgehead atoms. The second-order valence-corrected chi connectivity index (χ2v) is 5.61. The summed E-state index contributed by atoms with van der Waals surface area (Å²) in [5.74, 6) is 0. The van der Waals surface area contributed by atoms with Gasteiger partial charge >= 0.3 is 0 Å². The Morgan fingerprint density at radius 3 is 2.44 bits per heavy atom. The predicted molar refractivity (Wildman–Crippen MR) is 74.8 cm³/mol. The molecule has 1 atom stereocenters. The summed E-state index contributed by atoms with van der Waals surface area (Å²) in [6, 6.07) is 8.85. The van der Waals surface area contributed by atoms with E-state index in [1.165, 1.54) is 16.7 Å². The molecule has 2 aromatic rings. The van der Waals surface area contributed by atoms with Crippen LogP contribution in [0.1, 0.15) is 12.5 Å². The van der Waals surface area contributed by atoms with Gasteiger partial charge in [-0.2, -0.15) is 11.3 Å². The maximum atomic E-state index is 5.78. The van der Waals surface area contributed by atoms with E-state index >= 15 is 0 Å². The van der Waals surface area contributed by atoms with Gasteiger partial charge in [0.2, 0.25) is 0 Å². The van der Waals surface area contributed by atoms with Crippen molar-refractivity contribution in [2.45, 2.75) is 19.4 Å². The minimum absolute atomic E-state index is 0.221. The van der Waals surface area contributed by atoms with Crippen molar-refractivity contribution in [1.29, 1.82) is 0 Å². The third-order valence-electron chi connectivity index (χ3n) is 2.44. The lowest BCUT2D eigenvalue weighted by atomic mass is 10.0. The molecule has 0 radical (unpaired) electrons. The predicted octanol–water partition coefficient (Wildman–Crippen LogP) is 4.07. The fourth-order valence-corrected chi connectivity index (χ4v) is 3.21. The molecule has 0 saturated heterocycles. The van der Waals surface area contributed by atoms with Crippen LogP contribution >= 0.6 is 27.3 Å². The topological polar surface area (TPSA) is 26.0 Å². The number of thiophene rings is 1. The zero-order valence-electron chi connectivity index (χ0n) is 9.11. The molecule has 1 aromatic carbocycles. The van der Waals surface area contributed by atoms with Crippen molar-refractivity contribution >= 4 is 27.3 Å². The normalized spacial score (nSPS) is 12.7. The van der Waals surface area contributed by atoms with Crippen molar-refractivity contribution in [2.24, 2.45) is 5.73 Å². The fraction of sp³-hybridized carbons (Fsp3) is 0.231. The van der Waals surface area contributed by atoms with Gasteiger partial charge in [0.15, 0.2) is 0 Å². The van der Waals surface area contributed by atoms with E-state index in [4.69, 9.17) is 5.73 Å². The summed E-state index contributed by atoms with van der Waals surface area (Å²) in [6.07, 6.45) is 0.936. The smallest absolute Gasteiger partial charge is 0.0360 e. The molecule has 0 aliphatic carbocycles. The molecule has 1 aromatic heterocycles. The standard InChI is InChI=1S/C13H14BrNS/c1-9(15)6-10-2-4-11(5-3-10)12-7-16-8-13(12)14/h2-5,7-9H,6,15H2,1H3. The SMILES string of the molecule is CC(N)Cc1ccc(-c2cscc2Br)cc1. The zero-order valence-corrected chi connectivity index (χ0v) is 11.5. The van der Waals surface area contributed by atoms with Crippen molar-refractivity contribution < 1.29 is 0 Å². The first-order valence-corrected chi connectivity index (χ1v) is 6.97. The summed E-state index contributed by atoms with van der Waals surface area (Å²) >= 11 is 5.26. The molecule has 1 heterocycles. The van der Waals surface area contributed by atoms with E-state index in [1.807, 2.05) is 6.92 Å². The molecule has 0 aliphatic heterocycles. The van der Waals surface area contributed by atoms with Crippen LogP contribution < -0.4 is 5.73 Å². The summed E-state index contributed by atoms with van der Waals surface area (Å²) in [6.45, 7) is 2.03. The van der Waals surface area contributed by atoms with Gasteiger partial charge in [0, 0.05) is 21.5 Å². The molecule has 0 spiro atoms. The van der Waals surface area contributed by atoms with Gasteiger partial charge in [-0.3, -0.25) is 0 Å². The summed E-state index contributed by atoms with van der Waals surface area (Å²) in [5.41, 5.74) is 9.58. The van der Waals surface area contributed by atoms with Gasteiger partial charge in [-0.15, -0.1) is 0 Å². The van der Waals surface area contributed by atoms with Crippen molar-refractivity contribution in [3.63, 3.8) is 0 Å². The van der Waals surface area contributed by atoms with E-state index in [-0.39, 0.29) is 6.04 Å². The first-order valence-electron chi connectivity index (χ1n) is 5.23. The van der Waals surface area contributed by atoms with Crippen molar-refractivity contribution in [3.05, 3.63) is 45.1 Å². The third kappa shape index (κ3) is 2.73. The summed E-state index contributed by atoms with van der Waals surface area (Å²) < 4.78 is 1.16. The average Bonchev–Trinajstić information content (AvgIpc) is 2.65. The Hall–Kier alpha value is -0.640. The lowest BCUT2D eigenvalue weighted by Gasteiger charge is -2.06. The summed E-state index contributed by atoms with van der Waals surface area (Å²) in [7, 11) is 0. The van der Waals surface area contributed by atoms with Crippen LogP contribution in [0.3, 0.4) is 0 Å². The van der Waals surface area contributed by atoms with E-state index in [0.29, 0.717) is 0 Å². The second-order valence-electron chi connectivity index (χ2n) is 4.01. The van der Waals surface area contributed by atoms with Crippen LogP contribution in [0.4, 0.5) is 0 Å². The Labute approximate surface area is 108 Å². The Balaban J connectivity index is 2.23. The highest BCUT2D eigenvalue weighted by Gasteiger charge is 2.04. The first-order chi connectivity index (χ1) is 7.66. The van der Waals surface area contributed by atoms with Crippen LogP contribution in [0, 0.1) is 0 Å². The molecule has 1 nitrogen and oxygen atoms in total. The van der Waals surface area contributed by atoms with Gasteiger partial charge in [0.1, 0.15) is 0 Å². The number of nitrogens with two attached hydrogens (primary N) is 1. The van der Waals surface area contributed by atoms with Crippen molar-refractivity contribution in [2.75, 3.05) is 0 Å². The third-order valence-corrected chi connectivity index (χ3v) is 4.14. The van der Waals surface area contributed by atoms with Gasteiger partial charge in [-0.25, -0.2) is 0 Å². The highest BCUT2D eigenvalue weighted by molar-refractivity contribution is 9.10. The largest absolute Gasteiger partial charge is 0.328 e. The monoisotopic (exact) mass is 295 g/mol. The quantitative estimate of drug-likeness (QED) is 0.908. The molecule has 2 N–H and O–H groups in total. The molecule has 3 heteroatoms. The maximum Gasteiger partial charge on any atom is 0.0360 e.